The van der Waals surface area contributed by atoms with Crippen LogP contribution >= 0.6 is 11.3 Å². The lowest BCUT2D eigenvalue weighted by atomic mass is 10.2. The Labute approximate surface area is 124 Å². The van der Waals surface area contributed by atoms with Crippen LogP contribution in [0.5, 0.6) is 0 Å². The fourth-order valence-corrected chi connectivity index (χ4v) is 3.10. The smallest absolute Gasteiger partial charge is 0.281 e. The van der Waals surface area contributed by atoms with Crippen molar-refractivity contribution >= 4 is 32.3 Å². The van der Waals surface area contributed by atoms with Crippen molar-refractivity contribution in [2.45, 2.75) is 4.21 Å². The molecule has 2 aliphatic carbocycles. The van der Waals surface area contributed by atoms with E-state index in [1.54, 1.807) is 0 Å². The van der Waals surface area contributed by atoms with E-state index in [0.717, 1.165) is 28.7 Å². The summed E-state index contributed by atoms with van der Waals surface area (Å²) >= 11 is 0.756. The van der Waals surface area contributed by atoms with Gasteiger partial charge in [0, 0.05) is 5.56 Å². The summed E-state index contributed by atoms with van der Waals surface area (Å²) in [4.78, 5) is 3.79. The number of azo groups is 1. The number of nitrogens with zero attached hydrogens (tertiary/aromatic N) is 3. The van der Waals surface area contributed by atoms with Crippen LogP contribution < -0.4 is 0 Å². The topological polar surface area (TPSA) is 92.0 Å². The first-order chi connectivity index (χ1) is 10.0. The summed E-state index contributed by atoms with van der Waals surface area (Å²) in [5.74, 6) is 0. The first kappa shape index (κ1) is 13.8. The van der Waals surface area contributed by atoms with Crippen LogP contribution in [0.4, 0.5) is 10.8 Å². The maximum Gasteiger partial charge on any atom is 0.305 e. The Morgan fingerprint density at radius 2 is 1.86 bits per heavy atom. The molecule has 0 saturated carbocycles. The molecule has 3 rings (SSSR count). The molecule has 0 spiro atoms. The maximum absolute atomic E-state index is 10.9. The number of hydrogen-bond donors (Lipinski definition) is 1. The lowest BCUT2D eigenvalue weighted by Crippen LogP contribution is -1.93. The zero-order valence-electron chi connectivity index (χ0n) is 10.5. The van der Waals surface area contributed by atoms with Crippen LogP contribution in [0.25, 0.3) is 11.1 Å². The molecule has 0 saturated heterocycles. The molecule has 0 aliphatic heterocycles. The van der Waals surface area contributed by atoms with Gasteiger partial charge in [-0.3, -0.25) is 4.55 Å². The van der Waals surface area contributed by atoms with E-state index in [1.807, 2.05) is 42.5 Å². The predicted molar refractivity (Wildman–Crippen MR) is 79.2 cm³/mol. The van der Waals surface area contributed by atoms with Crippen LogP contribution in [0.15, 0.2) is 63.1 Å². The summed E-state index contributed by atoms with van der Waals surface area (Å²) < 4.78 is 30.5. The minimum absolute atomic E-state index is 0.164. The van der Waals surface area contributed by atoms with Crippen molar-refractivity contribution in [3.8, 4) is 11.1 Å². The van der Waals surface area contributed by atoms with Crippen molar-refractivity contribution in [3.05, 3.63) is 48.7 Å². The molecular formula is C13H9N3O3S2. The number of aromatic nitrogens is 1. The Balaban J connectivity index is 1.91. The van der Waals surface area contributed by atoms with Gasteiger partial charge >= 0.3 is 10.1 Å². The number of rotatable bonds is 3. The molecule has 1 N–H and O–H groups in total. The molecule has 2 aliphatic rings. The molecule has 8 heteroatoms. The largest absolute Gasteiger partial charge is 0.305 e. The SMILES string of the molecule is O=S(=O)(O)c1cnc(N=Nc2ccc3cccccc2-3)s1. The molecule has 0 bridgehead atoms. The van der Waals surface area contributed by atoms with Crippen LogP contribution in [0.2, 0.25) is 0 Å². The lowest BCUT2D eigenvalue weighted by Gasteiger charge is -1.92. The monoisotopic (exact) mass is 319 g/mol. The average Bonchev–Trinajstić information content (AvgIpc) is 2.98. The fourth-order valence-electron chi connectivity index (χ4n) is 1.80. The summed E-state index contributed by atoms with van der Waals surface area (Å²) in [6, 6.07) is 13.4. The highest BCUT2D eigenvalue weighted by molar-refractivity contribution is 7.88. The minimum atomic E-state index is -4.24. The quantitative estimate of drug-likeness (QED) is 0.585. The predicted octanol–water partition coefficient (Wildman–Crippen LogP) is 3.91. The van der Waals surface area contributed by atoms with Gasteiger partial charge in [0.2, 0.25) is 5.13 Å². The Kier molecular flexibility index (Phi) is 3.50. The van der Waals surface area contributed by atoms with Gasteiger partial charge in [0.15, 0.2) is 4.21 Å². The molecule has 0 unspecified atom stereocenters. The van der Waals surface area contributed by atoms with E-state index >= 15 is 0 Å². The molecule has 0 fully saturated rings. The normalized spacial score (nSPS) is 12.2. The van der Waals surface area contributed by atoms with E-state index in [2.05, 4.69) is 15.2 Å². The van der Waals surface area contributed by atoms with Crippen molar-refractivity contribution in [2.75, 3.05) is 0 Å². The highest BCUT2D eigenvalue weighted by Crippen LogP contribution is 2.35. The minimum Gasteiger partial charge on any atom is -0.281 e. The van der Waals surface area contributed by atoms with Crippen molar-refractivity contribution in [2.24, 2.45) is 10.2 Å². The molecular weight excluding hydrogens is 310 g/mol. The van der Waals surface area contributed by atoms with E-state index in [-0.39, 0.29) is 9.34 Å². The Hall–Kier alpha value is -2.16. The molecule has 1 heterocycles. The summed E-state index contributed by atoms with van der Waals surface area (Å²) in [6.07, 6.45) is 1.05. The van der Waals surface area contributed by atoms with Crippen LogP contribution in [0.3, 0.4) is 0 Å². The van der Waals surface area contributed by atoms with Gasteiger partial charge in [-0.25, -0.2) is 4.98 Å². The van der Waals surface area contributed by atoms with E-state index in [0.29, 0.717) is 5.69 Å². The highest BCUT2D eigenvalue weighted by Gasteiger charge is 2.14. The van der Waals surface area contributed by atoms with Crippen molar-refractivity contribution in [1.29, 1.82) is 0 Å². The van der Waals surface area contributed by atoms with Crippen molar-refractivity contribution < 1.29 is 13.0 Å². The van der Waals surface area contributed by atoms with Gasteiger partial charge in [0.05, 0.1) is 11.9 Å². The molecule has 0 amide bonds. The van der Waals surface area contributed by atoms with Crippen LogP contribution in [-0.2, 0) is 10.1 Å². The summed E-state index contributed by atoms with van der Waals surface area (Å²) in [5, 5.41) is 8.16. The highest BCUT2D eigenvalue weighted by atomic mass is 32.3. The third kappa shape index (κ3) is 2.97. The van der Waals surface area contributed by atoms with Crippen LogP contribution in [0, 0.1) is 0 Å². The van der Waals surface area contributed by atoms with Gasteiger partial charge in [0.25, 0.3) is 0 Å². The molecule has 21 heavy (non-hydrogen) atoms. The first-order valence-electron chi connectivity index (χ1n) is 5.87. The van der Waals surface area contributed by atoms with Gasteiger partial charge in [-0.2, -0.15) is 8.42 Å². The number of thiazole rings is 1. The third-order valence-electron chi connectivity index (χ3n) is 2.74. The van der Waals surface area contributed by atoms with Gasteiger partial charge in [-0.05, 0) is 11.6 Å². The Bertz CT molecular complexity index is 887. The summed E-state index contributed by atoms with van der Waals surface area (Å²) in [5.41, 5.74) is 2.65. The summed E-state index contributed by atoms with van der Waals surface area (Å²) in [7, 11) is -4.24. The average molecular weight is 319 g/mol. The van der Waals surface area contributed by atoms with E-state index in [1.165, 1.54) is 0 Å². The molecule has 1 aromatic heterocycles. The first-order valence-corrected chi connectivity index (χ1v) is 8.12. The standard InChI is InChI=1S/C13H9N3O3S2/c17-21(18,19)12-8-14-13(20-12)16-15-11-7-6-9-4-2-1-3-5-10(9)11/h1-8H,(H,17,18,19). The van der Waals surface area contributed by atoms with Gasteiger partial charge in [-0.15, -0.1) is 10.2 Å². The van der Waals surface area contributed by atoms with Crippen molar-refractivity contribution in [1.82, 2.24) is 4.98 Å². The van der Waals surface area contributed by atoms with Crippen molar-refractivity contribution in [3.63, 3.8) is 0 Å². The lowest BCUT2D eigenvalue weighted by molar-refractivity contribution is 0.485. The number of fused-ring (bicyclic) bond motifs is 1. The third-order valence-corrected chi connectivity index (χ3v) is 4.91. The molecule has 6 nitrogen and oxygen atoms in total. The molecule has 0 radical (unpaired) electrons. The molecule has 1 aromatic rings. The molecule has 106 valence electrons. The number of hydrogen-bond acceptors (Lipinski definition) is 6. The second kappa shape index (κ2) is 5.32. The second-order valence-electron chi connectivity index (χ2n) is 4.14. The Morgan fingerprint density at radius 3 is 2.62 bits per heavy atom. The van der Waals surface area contributed by atoms with Gasteiger partial charge in [0.1, 0.15) is 0 Å². The van der Waals surface area contributed by atoms with Crippen LogP contribution in [-0.4, -0.2) is 18.0 Å². The van der Waals surface area contributed by atoms with E-state index < -0.39 is 10.1 Å². The summed E-state index contributed by atoms with van der Waals surface area (Å²) in [6.45, 7) is 0. The zero-order valence-corrected chi connectivity index (χ0v) is 12.2. The van der Waals surface area contributed by atoms with Gasteiger partial charge < -0.3 is 0 Å². The molecule has 0 aromatic carbocycles. The zero-order chi connectivity index (χ0) is 14.9. The molecule has 0 atom stereocenters. The van der Waals surface area contributed by atoms with E-state index in [4.69, 9.17) is 4.55 Å². The van der Waals surface area contributed by atoms with E-state index in [9.17, 15) is 8.42 Å². The second-order valence-corrected chi connectivity index (χ2v) is 6.79. The maximum atomic E-state index is 10.9. The van der Waals surface area contributed by atoms with Gasteiger partial charge in [-0.1, -0.05) is 47.7 Å². The fraction of sp³-hybridized carbons (Fsp3) is 0. The van der Waals surface area contributed by atoms with Crippen LogP contribution in [0.1, 0.15) is 0 Å². The Morgan fingerprint density at radius 1 is 1.05 bits per heavy atom.